The van der Waals surface area contributed by atoms with Gasteiger partial charge in [-0.3, -0.25) is 9.48 Å². The number of benzene rings is 2. The van der Waals surface area contributed by atoms with Crippen molar-refractivity contribution in [1.82, 2.24) is 14.7 Å². The lowest BCUT2D eigenvalue weighted by Gasteiger charge is -2.30. The molecule has 0 unspecified atom stereocenters. The maximum Gasteiger partial charge on any atom is 0.255 e. The van der Waals surface area contributed by atoms with Gasteiger partial charge in [-0.15, -0.1) is 0 Å². The Labute approximate surface area is 187 Å². The quantitative estimate of drug-likeness (QED) is 0.623. The lowest BCUT2D eigenvalue weighted by Crippen LogP contribution is -2.35. The third-order valence-electron chi connectivity index (χ3n) is 5.66. The first kappa shape index (κ1) is 21.4. The molecular weight excluding hydrogens is 412 g/mol. The van der Waals surface area contributed by atoms with Crippen LogP contribution < -0.4 is 10.1 Å². The number of carbonyl (C=O) groups is 1. The van der Waals surface area contributed by atoms with Crippen LogP contribution in [0.3, 0.4) is 0 Å². The fourth-order valence-corrected chi connectivity index (χ4v) is 4.07. The Morgan fingerprint density at radius 3 is 2.48 bits per heavy atom. The minimum Gasteiger partial charge on any atom is -0.490 e. The summed E-state index contributed by atoms with van der Waals surface area (Å²) in [5, 5.41) is 7.79. The summed E-state index contributed by atoms with van der Waals surface area (Å²) in [6.45, 7) is 4.02. The van der Waals surface area contributed by atoms with E-state index in [1.54, 1.807) is 10.9 Å². The van der Waals surface area contributed by atoms with Gasteiger partial charge in [0, 0.05) is 37.0 Å². The van der Waals surface area contributed by atoms with Crippen LogP contribution in [-0.4, -0.2) is 46.8 Å². The van der Waals surface area contributed by atoms with Gasteiger partial charge in [-0.1, -0.05) is 29.3 Å². The third kappa shape index (κ3) is 4.92. The molecule has 4 rings (SSSR count). The molecule has 31 heavy (non-hydrogen) atoms. The highest BCUT2D eigenvalue weighted by molar-refractivity contribution is 6.33. The second-order valence-electron chi connectivity index (χ2n) is 8.12. The molecule has 0 radical (unpaired) electrons. The monoisotopic (exact) mass is 438 g/mol. The van der Waals surface area contributed by atoms with Crippen molar-refractivity contribution in [3.8, 4) is 17.0 Å². The zero-order chi connectivity index (χ0) is 22.0. The number of nitrogens with zero attached hydrogens (tertiary/aromatic N) is 3. The van der Waals surface area contributed by atoms with Gasteiger partial charge in [-0.2, -0.15) is 5.10 Å². The van der Waals surface area contributed by atoms with Crippen LogP contribution in [0.2, 0.25) is 5.02 Å². The van der Waals surface area contributed by atoms with Crippen LogP contribution in [0.25, 0.3) is 11.3 Å². The fraction of sp³-hybridized carbons (Fsp3) is 0.333. The van der Waals surface area contributed by atoms with Crippen LogP contribution in [-0.2, 0) is 7.05 Å². The van der Waals surface area contributed by atoms with Crippen LogP contribution in [0.15, 0.2) is 48.7 Å². The molecule has 1 amide bonds. The summed E-state index contributed by atoms with van der Waals surface area (Å²) in [7, 11) is 3.97. The van der Waals surface area contributed by atoms with Crippen molar-refractivity contribution in [1.29, 1.82) is 0 Å². The number of rotatable bonds is 5. The zero-order valence-electron chi connectivity index (χ0n) is 18.1. The first-order valence-electron chi connectivity index (χ1n) is 10.5. The average molecular weight is 439 g/mol. The molecule has 0 saturated carbocycles. The molecule has 0 spiro atoms. The van der Waals surface area contributed by atoms with Crippen LogP contribution in [0.4, 0.5) is 5.69 Å². The van der Waals surface area contributed by atoms with Crippen molar-refractivity contribution in [2.45, 2.75) is 25.9 Å². The molecule has 7 heteroatoms. The maximum absolute atomic E-state index is 12.7. The molecule has 2 aromatic carbocycles. The fourth-order valence-electron chi connectivity index (χ4n) is 3.80. The molecule has 1 fully saturated rings. The second kappa shape index (κ2) is 9.12. The summed E-state index contributed by atoms with van der Waals surface area (Å²) < 4.78 is 8.11. The van der Waals surface area contributed by atoms with Crippen molar-refractivity contribution in [3.63, 3.8) is 0 Å². The van der Waals surface area contributed by atoms with Gasteiger partial charge in [0.1, 0.15) is 11.9 Å². The normalized spacial score (nSPS) is 15.1. The minimum atomic E-state index is -0.161. The van der Waals surface area contributed by atoms with E-state index in [4.69, 9.17) is 16.3 Å². The lowest BCUT2D eigenvalue weighted by atomic mass is 10.1. The minimum absolute atomic E-state index is 0.148. The van der Waals surface area contributed by atoms with E-state index in [2.05, 4.69) is 22.4 Å². The largest absolute Gasteiger partial charge is 0.490 e. The van der Waals surface area contributed by atoms with Gasteiger partial charge in [0.15, 0.2) is 0 Å². The first-order valence-corrected chi connectivity index (χ1v) is 10.8. The Bertz CT molecular complexity index is 1050. The van der Waals surface area contributed by atoms with E-state index in [-0.39, 0.29) is 12.0 Å². The van der Waals surface area contributed by atoms with Gasteiger partial charge >= 0.3 is 0 Å². The van der Waals surface area contributed by atoms with E-state index in [1.807, 2.05) is 56.4 Å². The molecule has 162 valence electrons. The number of hydrogen-bond donors (Lipinski definition) is 1. The Morgan fingerprint density at radius 2 is 1.84 bits per heavy atom. The summed E-state index contributed by atoms with van der Waals surface area (Å²) >= 11 is 6.45. The van der Waals surface area contributed by atoms with Crippen LogP contribution in [0.5, 0.6) is 5.75 Å². The smallest absolute Gasteiger partial charge is 0.255 e. The number of halogens is 1. The molecule has 0 aliphatic carbocycles. The van der Waals surface area contributed by atoms with Gasteiger partial charge in [-0.05, 0) is 57.1 Å². The molecule has 1 aliphatic rings. The summed E-state index contributed by atoms with van der Waals surface area (Å²) in [5.41, 5.74) is 3.97. The number of piperidine rings is 1. The molecule has 1 aliphatic heterocycles. The van der Waals surface area contributed by atoms with Crippen molar-refractivity contribution in [2.24, 2.45) is 7.05 Å². The second-order valence-corrected chi connectivity index (χ2v) is 8.52. The van der Waals surface area contributed by atoms with Crippen LogP contribution in [0.1, 0.15) is 28.8 Å². The number of ether oxygens (including phenoxy) is 1. The Morgan fingerprint density at radius 1 is 1.13 bits per heavy atom. The molecule has 0 atom stereocenters. The van der Waals surface area contributed by atoms with E-state index in [1.165, 1.54) is 0 Å². The average Bonchev–Trinajstić information content (AvgIpc) is 3.09. The van der Waals surface area contributed by atoms with Gasteiger partial charge in [-0.25, -0.2) is 0 Å². The number of aryl methyl sites for hydroxylation is 2. The third-order valence-corrected chi connectivity index (χ3v) is 5.94. The maximum atomic E-state index is 12.7. The van der Waals surface area contributed by atoms with Crippen molar-refractivity contribution in [3.05, 3.63) is 64.8 Å². The molecule has 6 nitrogen and oxygen atoms in total. The van der Waals surface area contributed by atoms with Crippen LogP contribution >= 0.6 is 11.6 Å². The van der Waals surface area contributed by atoms with E-state index in [0.29, 0.717) is 16.3 Å². The van der Waals surface area contributed by atoms with E-state index in [0.717, 1.165) is 48.5 Å². The number of aromatic nitrogens is 2. The van der Waals surface area contributed by atoms with Crippen LogP contribution in [0, 0.1) is 6.92 Å². The Kier molecular flexibility index (Phi) is 6.30. The molecule has 1 N–H and O–H groups in total. The van der Waals surface area contributed by atoms with Gasteiger partial charge in [0.05, 0.1) is 16.9 Å². The lowest BCUT2D eigenvalue weighted by molar-refractivity contribution is 0.102. The highest BCUT2D eigenvalue weighted by Gasteiger charge is 2.22. The predicted octanol–water partition coefficient (Wildman–Crippen LogP) is 4.77. The standard InChI is InChI=1S/C24H27ClN4O2/c1-16-4-6-17(7-5-16)24(30)27-18-8-9-22(31-19-10-12-28(2)13-11-19)20(14-18)23-21(25)15-26-29(23)3/h4-9,14-15,19H,10-13H2,1-3H3,(H,27,30). The van der Waals surface area contributed by atoms with Gasteiger partial charge < -0.3 is 15.0 Å². The number of hydrogen-bond acceptors (Lipinski definition) is 4. The number of nitrogens with one attached hydrogen (secondary N) is 1. The Hall–Kier alpha value is -2.83. The predicted molar refractivity (Wildman–Crippen MR) is 124 cm³/mol. The molecule has 0 bridgehead atoms. The number of anilines is 1. The molecule has 1 aromatic heterocycles. The van der Waals surface area contributed by atoms with E-state index in [9.17, 15) is 4.79 Å². The van der Waals surface area contributed by atoms with Gasteiger partial charge in [0.2, 0.25) is 0 Å². The summed E-state index contributed by atoms with van der Waals surface area (Å²) in [6.07, 6.45) is 3.71. The SMILES string of the molecule is Cc1ccc(C(=O)Nc2ccc(OC3CCN(C)CC3)c(-c3c(Cl)cnn3C)c2)cc1. The van der Waals surface area contributed by atoms with Gasteiger partial charge in [0.25, 0.3) is 5.91 Å². The molecule has 2 heterocycles. The van der Waals surface area contributed by atoms with E-state index >= 15 is 0 Å². The summed E-state index contributed by atoms with van der Waals surface area (Å²) in [4.78, 5) is 15.0. The van der Waals surface area contributed by atoms with Crippen molar-refractivity contribution < 1.29 is 9.53 Å². The summed E-state index contributed by atoms with van der Waals surface area (Å²) in [6, 6.07) is 13.2. The van der Waals surface area contributed by atoms with Crippen molar-refractivity contribution >= 4 is 23.2 Å². The highest BCUT2D eigenvalue weighted by atomic mass is 35.5. The Balaban J connectivity index is 1.63. The summed E-state index contributed by atoms with van der Waals surface area (Å²) in [5.74, 6) is 0.583. The highest BCUT2D eigenvalue weighted by Crippen LogP contribution is 2.37. The molecule has 1 saturated heterocycles. The topological polar surface area (TPSA) is 59.4 Å². The number of amides is 1. The van der Waals surface area contributed by atoms with Crippen molar-refractivity contribution in [2.75, 3.05) is 25.5 Å². The number of likely N-dealkylation sites (tertiary alicyclic amines) is 1. The number of carbonyl (C=O) groups excluding carboxylic acids is 1. The zero-order valence-corrected chi connectivity index (χ0v) is 18.8. The van der Waals surface area contributed by atoms with E-state index < -0.39 is 0 Å². The molecular formula is C24H27ClN4O2. The first-order chi connectivity index (χ1) is 14.9. The molecule has 3 aromatic rings.